The molecule has 4 nitrogen and oxygen atoms in total. The van der Waals surface area contributed by atoms with Gasteiger partial charge in [0.05, 0.1) is 25.9 Å². The van der Waals surface area contributed by atoms with Gasteiger partial charge in [-0.05, 0) is 42.5 Å². The smallest absolute Gasteiger partial charge is 0.223 e. The number of methoxy groups -OCH3 is 1. The van der Waals surface area contributed by atoms with Crippen LogP contribution in [0.25, 0.3) is 0 Å². The Morgan fingerprint density at radius 1 is 1.11 bits per heavy atom. The standard InChI is InChI=1S/C24H29NO3/c1-3-4-10-22-23(28-18-20-8-6-5-7-9-20)15-16-24(26)25(22)17-19-11-13-21(27-2)14-12-19/h3,5-9,11-14,22-23H,1,4,10,15-18H2,2H3/t22-,23+/m0/s1. The van der Waals surface area contributed by atoms with Crippen molar-refractivity contribution in [2.45, 2.75) is 51.0 Å². The molecule has 2 aromatic rings. The molecule has 1 fully saturated rings. The van der Waals surface area contributed by atoms with Crippen molar-refractivity contribution in [3.63, 3.8) is 0 Å². The monoisotopic (exact) mass is 379 g/mol. The van der Waals surface area contributed by atoms with Gasteiger partial charge in [-0.25, -0.2) is 0 Å². The van der Waals surface area contributed by atoms with Crippen LogP contribution in [0, 0.1) is 0 Å². The summed E-state index contributed by atoms with van der Waals surface area (Å²) in [6, 6.07) is 18.2. The average Bonchev–Trinajstić information content (AvgIpc) is 2.74. The Morgan fingerprint density at radius 3 is 2.54 bits per heavy atom. The molecule has 1 aliphatic rings. The van der Waals surface area contributed by atoms with E-state index in [1.807, 2.05) is 53.4 Å². The van der Waals surface area contributed by atoms with Gasteiger partial charge in [0, 0.05) is 13.0 Å². The van der Waals surface area contributed by atoms with Gasteiger partial charge in [-0.15, -0.1) is 6.58 Å². The van der Waals surface area contributed by atoms with Gasteiger partial charge >= 0.3 is 0 Å². The molecule has 2 aromatic carbocycles. The highest BCUT2D eigenvalue weighted by molar-refractivity contribution is 5.77. The van der Waals surface area contributed by atoms with Crippen molar-refractivity contribution in [2.24, 2.45) is 0 Å². The van der Waals surface area contributed by atoms with Crippen molar-refractivity contribution in [2.75, 3.05) is 7.11 Å². The summed E-state index contributed by atoms with van der Waals surface area (Å²) < 4.78 is 11.5. The molecule has 148 valence electrons. The van der Waals surface area contributed by atoms with Crippen LogP contribution in [0.15, 0.2) is 67.3 Å². The molecule has 4 heteroatoms. The molecule has 0 radical (unpaired) electrons. The lowest BCUT2D eigenvalue weighted by atomic mass is 9.93. The number of amides is 1. The molecule has 28 heavy (non-hydrogen) atoms. The Bertz CT molecular complexity index is 757. The second-order valence-electron chi connectivity index (χ2n) is 7.18. The van der Waals surface area contributed by atoms with Gasteiger partial charge in [-0.2, -0.15) is 0 Å². The van der Waals surface area contributed by atoms with Crippen LogP contribution in [0.5, 0.6) is 5.75 Å². The molecule has 2 atom stereocenters. The van der Waals surface area contributed by atoms with E-state index in [0.29, 0.717) is 19.6 Å². The first-order chi connectivity index (χ1) is 13.7. The van der Waals surface area contributed by atoms with Gasteiger partial charge < -0.3 is 14.4 Å². The number of carbonyl (C=O) groups excluding carboxylic acids is 1. The van der Waals surface area contributed by atoms with Gasteiger partial charge in [-0.1, -0.05) is 48.5 Å². The molecule has 3 rings (SSSR count). The predicted molar refractivity (Wildman–Crippen MR) is 111 cm³/mol. The number of benzene rings is 2. The fraction of sp³-hybridized carbons (Fsp3) is 0.375. The van der Waals surface area contributed by atoms with E-state index in [0.717, 1.165) is 36.1 Å². The number of nitrogens with zero attached hydrogens (tertiary/aromatic N) is 1. The largest absolute Gasteiger partial charge is 0.497 e. The minimum atomic E-state index is 0.0381. The second kappa shape index (κ2) is 10.1. The number of rotatable bonds is 9. The lowest BCUT2D eigenvalue weighted by molar-refractivity contribution is -0.147. The summed E-state index contributed by atoms with van der Waals surface area (Å²) >= 11 is 0. The Labute approximate surface area is 167 Å². The van der Waals surface area contributed by atoms with E-state index in [1.54, 1.807) is 7.11 Å². The SMILES string of the molecule is C=CCC[C@H]1[C@H](OCc2ccccc2)CCC(=O)N1Cc1ccc(OC)cc1. The number of likely N-dealkylation sites (tertiary alicyclic amines) is 1. The molecule has 0 aromatic heterocycles. The number of allylic oxidation sites excluding steroid dienone is 1. The molecule has 1 amide bonds. The van der Waals surface area contributed by atoms with E-state index in [4.69, 9.17) is 9.47 Å². The summed E-state index contributed by atoms with van der Waals surface area (Å²) in [6.45, 7) is 5.02. The third-order valence-electron chi connectivity index (χ3n) is 5.28. The molecule has 0 N–H and O–H groups in total. The molecule has 0 aliphatic carbocycles. The molecule has 0 unspecified atom stereocenters. The van der Waals surface area contributed by atoms with Crippen molar-refractivity contribution in [3.8, 4) is 5.75 Å². The topological polar surface area (TPSA) is 38.8 Å². The Hall–Kier alpha value is -2.59. The lowest BCUT2D eigenvalue weighted by Crippen LogP contribution is -2.51. The van der Waals surface area contributed by atoms with Crippen molar-refractivity contribution in [1.29, 1.82) is 0 Å². The van der Waals surface area contributed by atoms with Crippen molar-refractivity contribution < 1.29 is 14.3 Å². The van der Waals surface area contributed by atoms with Crippen LogP contribution in [-0.2, 0) is 22.7 Å². The first-order valence-electron chi connectivity index (χ1n) is 9.90. The number of piperidine rings is 1. The molecule has 0 spiro atoms. The molecular formula is C24H29NO3. The highest BCUT2D eigenvalue weighted by atomic mass is 16.5. The summed E-state index contributed by atoms with van der Waals surface area (Å²) in [6.07, 6.45) is 4.98. The van der Waals surface area contributed by atoms with Crippen molar-refractivity contribution in [1.82, 2.24) is 4.90 Å². The van der Waals surface area contributed by atoms with Gasteiger partial charge in [0.15, 0.2) is 0 Å². The predicted octanol–water partition coefficient (Wildman–Crippen LogP) is 4.74. The van der Waals surface area contributed by atoms with E-state index < -0.39 is 0 Å². The second-order valence-corrected chi connectivity index (χ2v) is 7.18. The van der Waals surface area contributed by atoms with Crippen LogP contribution in [-0.4, -0.2) is 30.1 Å². The maximum absolute atomic E-state index is 12.7. The van der Waals surface area contributed by atoms with Crippen LogP contribution in [0.4, 0.5) is 0 Å². The minimum Gasteiger partial charge on any atom is -0.497 e. The summed E-state index contributed by atoms with van der Waals surface area (Å²) in [5.74, 6) is 1.02. The van der Waals surface area contributed by atoms with Crippen LogP contribution in [0.2, 0.25) is 0 Å². The third kappa shape index (κ3) is 5.23. The fourth-order valence-corrected chi connectivity index (χ4v) is 3.72. The van der Waals surface area contributed by atoms with Crippen LogP contribution < -0.4 is 4.74 Å². The highest BCUT2D eigenvalue weighted by Crippen LogP contribution is 2.28. The quantitative estimate of drug-likeness (QED) is 0.591. The zero-order chi connectivity index (χ0) is 19.8. The number of ether oxygens (including phenoxy) is 2. The van der Waals surface area contributed by atoms with E-state index in [-0.39, 0.29) is 18.1 Å². The third-order valence-corrected chi connectivity index (χ3v) is 5.28. The van der Waals surface area contributed by atoms with Crippen LogP contribution >= 0.6 is 0 Å². The molecule has 1 aliphatic heterocycles. The van der Waals surface area contributed by atoms with Crippen LogP contribution in [0.1, 0.15) is 36.8 Å². The summed E-state index contributed by atoms with van der Waals surface area (Å²) in [5, 5.41) is 0. The summed E-state index contributed by atoms with van der Waals surface area (Å²) in [7, 11) is 1.66. The Kier molecular flexibility index (Phi) is 7.26. The fourth-order valence-electron chi connectivity index (χ4n) is 3.72. The lowest BCUT2D eigenvalue weighted by Gasteiger charge is -2.41. The first-order valence-corrected chi connectivity index (χ1v) is 9.90. The maximum atomic E-state index is 12.7. The van der Waals surface area contributed by atoms with Crippen molar-refractivity contribution >= 4 is 5.91 Å². The van der Waals surface area contributed by atoms with E-state index in [1.165, 1.54) is 0 Å². The number of hydrogen-bond donors (Lipinski definition) is 0. The molecule has 1 heterocycles. The maximum Gasteiger partial charge on any atom is 0.223 e. The molecular weight excluding hydrogens is 350 g/mol. The molecule has 1 saturated heterocycles. The summed E-state index contributed by atoms with van der Waals surface area (Å²) in [5.41, 5.74) is 2.25. The van der Waals surface area contributed by atoms with Crippen LogP contribution in [0.3, 0.4) is 0 Å². The molecule has 0 bridgehead atoms. The van der Waals surface area contributed by atoms with Crippen molar-refractivity contribution in [3.05, 3.63) is 78.4 Å². The Morgan fingerprint density at radius 2 is 1.86 bits per heavy atom. The van der Waals surface area contributed by atoms with Gasteiger partial charge in [0.25, 0.3) is 0 Å². The average molecular weight is 380 g/mol. The normalized spacial score (nSPS) is 19.5. The van der Waals surface area contributed by atoms with E-state index in [2.05, 4.69) is 18.7 Å². The van der Waals surface area contributed by atoms with Gasteiger partial charge in [-0.3, -0.25) is 4.79 Å². The number of carbonyl (C=O) groups is 1. The summed E-state index contributed by atoms with van der Waals surface area (Å²) in [4.78, 5) is 14.7. The molecule has 0 saturated carbocycles. The Balaban J connectivity index is 1.72. The number of hydrogen-bond acceptors (Lipinski definition) is 3. The van der Waals surface area contributed by atoms with Gasteiger partial charge in [0.2, 0.25) is 5.91 Å². The zero-order valence-corrected chi connectivity index (χ0v) is 16.5. The first kappa shape index (κ1) is 20.2. The zero-order valence-electron chi connectivity index (χ0n) is 16.5. The van der Waals surface area contributed by atoms with E-state index >= 15 is 0 Å². The minimum absolute atomic E-state index is 0.0381. The van der Waals surface area contributed by atoms with E-state index in [9.17, 15) is 4.79 Å². The van der Waals surface area contributed by atoms with Gasteiger partial charge in [0.1, 0.15) is 5.75 Å². The highest BCUT2D eigenvalue weighted by Gasteiger charge is 2.35.